The van der Waals surface area contributed by atoms with Gasteiger partial charge in [0.1, 0.15) is 5.78 Å². The topological polar surface area (TPSA) is 63.2 Å². The molecule has 2 saturated carbocycles. The third-order valence-electron chi connectivity index (χ3n) is 7.65. The van der Waals surface area contributed by atoms with Crippen LogP contribution in [-0.2, 0) is 9.59 Å². The molecule has 4 rings (SSSR count). The highest BCUT2D eigenvalue weighted by molar-refractivity contribution is 6.31. The minimum atomic E-state index is -0.758. The number of halogens is 1. The number of benzene rings is 2. The van der Waals surface area contributed by atoms with Gasteiger partial charge in [-0.15, -0.1) is 0 Å². The summed E-state index contributed by atoms with van der Waals surface area (Å²) >= 11 is 6.15. The third-order valence-corrected chi connectivity index (χ3v) is 7.89. The Balaban J connectivity index is 1.70. The summed E-state index contributed by atoms with van der Waals surface area (Å²) in [6, 6.07) is 13.8. The lowest BCUT2D eigenvalue weighted by Crippen LogP contribution is -2.43. The van der Waals surface area contributed by atoms with Gasteiger partial charge >= 0.3 is 0 Å². The van der Waals surface area contributed by atoms with Crippen molar-refractivity contribution >= 4 is 34.8 Å². The second kappa shape index (κ2) is 6.53. The van der Waals surface area contributed by atoms with Crippen LogP contribution in [0.2, 0.25) is 5.02 Å². The molecule has 150 valence electrons. The van der Waals surface area contributed by atoms with Crippen LogP contribution in [0.1, 0.15) is 56.0 Å². The van der Waals surface area contributed by atoms with Gasteiger partial charge in [0.2, 0.25) is 5.91 Å². The number of ketones is 2. The fourth-order valence-electron chi connectivity index (χ4n) is 5.16. The smallest absolute Gasteiger partial charge is 0.231 e. The molecule has 0 saturated heterocycles. The number of rotatable bonds is 4. The van der Waals surface area contributed by atoms with Crippen LogP contribution in [0.4, 0.5) is 5.69 Å². The van der Waals surface area contributed by atoms with Crippen LogP contribution in [0.3, 0.4) is 0 Å². The number of carbonyl (C=O) groups excluding carboxylic acids is 3. The van der Waals surface area contributed by atoms with Crippen molar-refractivity contribution in [3.05, 3.63) is 64.7 Å². The summed E-state index contributed by atoms with van der Waals surface area (Å²) in [6.45, 7) is 6.01. The van der Waals surface area contributed by atoms with Gasteiger partial charge in [-0.2, -0.15) is 0 Å². The minimum Gasteiger partial charge on any atom is -0.325 e. The lowest BCUT2D eigenvalue weighted by atomic mass is 9.64. The molecule has 5 heteroatoms. The van der Waals surface area contributed by atoms with Gasteiger partial charge in [0.05, 0.1) is 11.1 Å². The minimum absolute atomic E-state index is 0.153. The van der Waals surface area contributed by atoms with Gasteiger partial charge in [-0.1, -0.05) is 62.7 Å². The Morgan fingerprint density at radius 2 is 1.69 bits per heavy atom. The Hall–Kier alpha value is -2.46. The Kier molecular flexibility index (Phi) is 4.47. The normalized spacial score (nSPS) is 27.1. The van der Waals surface area contributed by atoms with Gasteiger partial charge in [-0.05, 0) is 36.5 Å². The van der Waals surface area contributed by atoms with Crippen LogP contribution in [0.5, 0.6) is 0 Å². The maximum Gasteiger partial charge on any atom is 0.231 e. The van der Waals surface area contributed by atoms with E-state index in [9.17, 15) is 14.4 Å². The first-order valence-electron chi connectivity index (χ1n) is 9.86. The molecule has 0 aliphatic heterocycles. The van der Waals surface area contributed by atoms with Crippen molar-refractivity contribution in [2.45, 2.75) is 40.0 Å². The molecule has 2 aromatic carbocycles. The zero-order valence-corrected chi connectivity index (χ0v) is 17.6. The first-order chi connectivity index (χ1) is 13.6. The molecule has 0 aromatic heterocycles. The number of anilines is 1. The average molecular weight is 410 g/mol. The summed E-state index contributed by atoms with van der Waals surface area (Å²) in [5.74, 6) is -0.249. The molecule has 0 heterocycles. The molecule has 4 nitrogen and oxygen atoms in total. The Bertz CT molecular complexity index is 1030. The van der Waals surface area contributed by atoms with E-state index in [1.165, 1.54) is 0 Å². The third kappa shape index (κ3) is 2.69. The van der Waals surface area contributed by atoms with Crippen LogP contribution >= 0.6 is 11.6 Å². The molecule has 0 radical (unpaired) electrons. The summed E-state index contributed by atoms with van der Waals surface area (Å²) in [5.41, 5.74) is -0.397. The second-order valence-electron chi connectivity index (χ2n) is 8.98. The van der Waals surface area contributed by atoms with Crippen molar-refractivity contribution in [1.29, 1.82) is 0 Å². The summed E-state index contributed by atoms with van der Waals surface area (Å²) in [6.07, 6.45) is 1.63. The maximum absolute atomic E-state index is 13.5. The highest BCUT2D eigenvalue weighted by Gasteiger charge is 2.72. The predicted molar refractivity (Wildman–Crippen MR) is 113 cm³/mol. The van der Waals surface area contributed by atoms with E-state index in [0.717, 1.165) is 0 Å². The van der Waals surface area contributed by atoms with E-state index in [1.54, 1.807) is 42.5 Å². The summed E-state index contributed by atoms with van der Waals surface area (Å²) in [7, 11) is 0. The fraction of sp³-hybridized carbons (Fsp3) is 0.375. The molecular weight excluding hydrogens is 386 g/mol. The van der Waals surface area contributed by atoms with Crippen LogP contribution in [0.25, 0.3) is 0 Å². The molecule has 1 N–H and O–H groups in total. The van der Waals surface area contributed by atoms with Gasteiger partial charge in [0.25, 0.3) is 0 Å². The largest absolute Gasteiger partial charge is 0.325 e. The van der Waals surface area contributed by atoms with Crippen molar-refractivity contribution in [2.75, 3.05) is 5.32 Å². The van der Waals surface area contributed by atoms with Crippen molar-refractivity contribution in [1.82, 2.24) is 0 Å². The maximum atomic E-state index is 13.5. The second-order valence-corrected chi connectivity index (χ2v) is 9.41. The fourth-order valence-corrected chi connectivity index (χ4v) is 5.33. The zero-order chi connectivity index (χ0) is 21.0. The summed E-state index contributed by atoms with van der Waals surface area (Å²) < 4.78 is 0. The predicted octanol–water partition coefficient (Wildman–Crippen LogP) is 5.30. The number of nitrogens with one attached hydrogen (secondary N) is 1. The highest BCUT2D eigenvalue weighted by Crippen LogP contribution is 2.70. The molecule has 2 bridgehead atoms. The standard InChI is InChI=1S/C24H24ClNO3/c1-22(2)23(3)11-12-24(22,14-19(23)27)21(29)26-18-10-9-16(25)13-17(18)20(28)15-7-5-4-6-8-15/h4-10,13H,11-12,14H2,1-3H3,(H,26,29). The van der Waals surface area contributed by atoms with Crippen molar-refractivity contribution in [3.8, 4) is 0 Å². The monoisotopic (exact) mass is 409 g/mol. The van der Waals surface area contributed by atoms with Gasteiger partial charge in [0.15, 0.2) is 5.78 Å². The number of fused-ring (bicyclic) bond motifs is 2. The number of amides is 1. The van der Waals surface area contributed by atoms with E-state index in [2.05, 4.69) is 5.32 Å². The number of hydrogen-bond donors (Lipinski definition) is 1. The van der Waals surface area contributed by atoms with Crippen molar-refractivity contribution < 1.29 is 14.4 Å². The Morgan fingerprint density at radius 1 is 1.00 bits per heavy atom. The van der Waals surface area contributed by atoms with Crippen LogP contribution in [0.15, 0.2) is 48.5 Å². The number of carbonyl (C=O) groups is 3. The Morgan fingerprint density at radius 3 is 2.28 bits per heavy atom. The molecule has 2 aliphatic carbocycles. The average Bonchev–Trinajstić information content (AvgIpc) is 3.00. The van der Waals surface area contributed by atoms with Crippen LogP contribution in [-0.4, -0.2) is 17.5 Å². The zero-order valence-electron chi connectivity index (χ0n) is 16.8. The van der Waals surface area contributed by atoms with E-state index >= 15 is 0 Å². The molecule has 2 aliphatic rings. The lowest BCUT2D eigenvalue weighted by Gasteiger charge is -2.38. The summed E-state index contributed by atoms with van der Waals surface area (Å²) in [5, 5.41) is 3.39. The van der Waals surface area contributed by atoms with Gasteiger partial charge in [-0.25, -0.2) is 0 Å². The first-order valence-corrected chi connectivity index (χ1v) is 10.2. The van der Waals surface area contributed by atoms with Crippen LogP contribution < -0.4 is 5.32 Å². The first kappa shape index (κ1) is 19.8. The molecular formula is C24H24ClNO3. The van der Waals surface area contributed by atoms with E-state index in [4.69, 9.17) is 11.6 Å². The van der Waals surface area contributed by atoms with E-state index in [-0.39, 0.29) is 23.9 Å². The van der Waals surface area contributed by atoms with Gasteiger partial charge < -0.3 is 5.32 Å². The van der Waals surface area contributed by atoms with Gasteiger partial charge in [-0.3, -0.25) is 14.4 Å². The van der Waals surface area contributed by atoms with Gasteiger partial charge in [0, 0.05) is 28.0 Å². The van der Waals surface area contributed by atoms with E-state index in [1.807, 2.05) is 26.8 Å². The molecule has 2 aromatic rings. The molecule has 29 heavy (non-hydrogen) atoms. The molecule has 0 spiro atoms. The molecule has 1 amide bonds. The molecule has 2 unspecified atom stereocenters. The highest BCUT2D eigenvalue weighted by atomic mass is 35.5. The van der Waals surface area contributed by atoms with Crippen molar-refractivity contribution in [2.24, 2.45) is 16.2 Å². The van der Waals surface area contributed by atoms with E-state index in [0.29, 0.717) is 34.7 Å². The molecule has 2 fully saturated rings. The number of hydrogen-bond acceptors (Lipinski definition) is 3. The quantitative estimate of drug-likeness (QED) is 0.697. The Labute approximate surface area is 175 Å². The SMILES string of the molecule is CC12CCC(C(=O)Nc3ccc(Cl)cc3C(=O)c3ccccc3)(CC1=O)C2(C)C. The van der Waals surface area contributed by atoms with Crippen molar-refractivity contribution in [3.63, 3.8) is 0 Å². The lowest BCUT2D eigenvalue weighted by molar-refractivity contribution is -0.131. The molecule has 2 atom stereocenters. The van der Waals surface area contributed by atoms with Crippen LogP contribution in [0, 0.1) is 16.2 Å². The number of Topliss-reactive ketones (excluding diaryl/α,β-unsaturated/α-hetero) is 1. The summed E-state index contributed by atoms with van der Waals surface area (Å²) in [4.78, 5) is 39.2. The van der Waals surface area contributed by atoms with E-state index < -0.39 is 16.2 Å².